The molecule has 21 heavy (non-hydrogen) atoms. The first kappa shape index (κ1) is 16.5. The van der Waals surface area contributed by atoms with Gasteiger partial charge in [0.15, 0.2) is 0 Å². The van der Waals surface area contributed by atoms with Crippen LogP contribution in [-0.2, 0) is 10.2 Å². The molecule has 2 heteroatoms. The molecule has 1 unspecified atom stereocenters. The molecule has 1 atom stereocenters. The Bertz CT molecular complexity index is 438. The summed E-state index contributed by atoms with van der Waals surface area (Å²) in [5, 5.41) is 3.71. The number of benzene rings is 1. The average molecular weight is 289 g/mol. The lowest BCUT2D eigenvalue weighted by Crippen LogP contribution is -2.37. The lowest BCUT2D eigenvalue weighted by Gasteiger charge is -2.35. The second-order valence-corrected chi connectivity index (χ2v) is 7.90. The van der Waals surface area contributed by atoms with Crippen molar-refractivity contribution in [3.8, 4) is 0 Å². The number of hydrogen-bond donors (Lipinski definition) is 1. The summed E-state index contributed by atoms with van der Waals surface area (Å²) in [6.07, 6.45) is 2.32. The fourth-order valence-electron chi connectivity index (χ4n) is 2.83. The zero-order valence-electron chi connectivity index (χ0n) is 14.3. The smallest absolute Gasteiger partial charge is 0.0471 e. The predicted molar refractivity (Wildman–Crippen MR) is 89.7 cm³/mol. The Balaban J connectivity index is 1.92. The third kappa shape index (κ3) is 4.55. The number of ether oxygens (including phenoxy) is 1. The van der Waals surface area contributed by atoms with E-state index in [1.165, 1.54) is 11.1 Å². The maximum absolute atomic E-state index is 5.47. The number of hydrogen-bond acceptors (Lipinski definition) is 2. The number of nitrogens with one attached hydrogen (secondary N) is 1. The van der Waals surface area contributed by atoms with Gasteiger partial charge in [0.05, 0.1) is 0 Å². The summed E-state index contributed by atoms with van der Waals surface area (Å²) in [6.45, 7) is 14.3. The lowest BCUT2D eigenvalue weighted by molar-refractivity contribution is 0.0231. The zero-order valence-corrected chi connectivity index (χ0v) is 14.3. The molecule has 0 aromatic heterocycles. The van der Waals surface area contributed by atoms with E-state index in [0.717, 1.165) is 32.6 Å². The summed E-state index contributed by atoms with van der Waals surface area (Å²) in [5.41, 5.74) is 3.39. The average Bonchev–Trinajstić information content (AvgIpc) is 2.45. The van der Waals surface area contributed by atoms with E-state index in [1.807, 2.05) is 0 Å². The van der Waals surface area contributed by atoms with Crippen molar-refractivity contribution in [2.24, 2.45) is 5.41 Å². The lowest BCUT2D eigenvalue weighted by atomic mass is 9.82. The van der Waals surface area contributed by atoms with Crippen LogP contribution in [-0.4, -0.2) is 19.8 Å². The van der Waals surface area contributed by atoms with Crippen molar-refractivity contribution in [2.45, 2.75) is 58.9 Å². The molecule has 1 aliphatic heterocycles. The van der Waals surface area contributed by atoms with Gasteiger partial charge in [-0.1, -0.05) is 52.0 Å². The highest BCUT2D eigenvalue weighted by Gasteiger charge is 2.27. The highest BCUT2D eigenvalue weighted by atomic mass is 16.5. The second kappa shape index (κ2) is 6.50. The quantitative estimate of drug-likeness (QED) is 0.884. The Kier molecular flexibility index (Phi) is 5.11. The van der Waals surface area contributed by atoms with Crippen LogP contribution in [0.2, 0.25) is 0 Å². The van der Waals surface area contributed by atoms with Crippen LogP contribution in [0.3, 0.4) is 0 Å². The minimum Gasteiger partial charge on any atom is -0.381 e. The van der Waals surface area contributed by atoms with Gasteiger partial charge in [0.1, 0.15) is 0 Å². The molecule has 1 heterocycles. The molecule has 1 aliphatic rings. The van der Waals surface area contributed by atoms with Crippen LogP contribution in [0, 0.1) is 5.41 Å². The molecule has 0 radical (unpaired) electrons. The summed E-state index contributed by atoms with van der Waals surface area (Å²) in [5.74, 6) is 0. The first-order valence-electron chi connectivity index (χ1n) is 8.22. The van der Waals surface area contributed by atoms with Crippen molar-refractivity contribution in [1.29, 1.82) is 0 Å². The molecule has 1 N–H and O–H groups in total. The highest BCUT2D eigenvalue weighted by molar-refractivity contribution is 5.29. The van der Waals surface area contributed by atoms with Gasteiger partial charge < -0.3 is 10.1 Å². The third-order valence-electron chi connectivity index (χ3n) is 4.81. The molecule has 0 saturated carbocycles. The van der Waals surface area contributed by atoms with E-state index in [1.54, 1.807) is 0 Å². The normalized spacial score (nSPS) is 20.2. The molecule has 1 aromatic carbocycles. The molecule has 1 saturated heterocycles. The van der Waals surface area contributed by atoms with Crippen LogP contribution in [0.4, 0.5) is 0 Å². The van der Waals surface area contributed by atoms with Crippen LogP contribution in [0.25, 0.3) is 0 Å². The maximum atomic E-state index is 5.47. The summed E-state index contributed by atoms with van der Waals surface area (Å²) < 4.78 is 5.47. The fourth-order valence-corrected chi connectivity index (χ4v) is 2.83. The van der Waals surface area contributed by atoms with Crippen LogP contribution in [0.1, 0.15) is 64.6 Å². The number of rotatable bonds is 4. The Morgan fingerprint density at radius 2 is 1.71 bits per heavy atom. The van der Waals surface area contributed by atoms with Gasteiger partial charge in [-0.3, -0.25) is 0 Å². The van der Waals surface area contributed by atoms with Crippen molar-refractivity contribution in [1.82, 2.24) is 5.32 Å². The van der Waals surface area contributed by atoms with E-state index in [2.05, 4.69) is 64.2 Å². The minimum atomic E-state index is 0.227. The van der Waals surface area contributed by atoms with Gasteiger partial charge in [0.25, 0.3) is 0 Å². The molecule has 2 nitrogen and oxygen atoms in total. The summed E-state index contributed by atoms with van der Waals surface area (Å²) >= 11 is 0. The Morgan fingerprint density at radius 1 is 1.14 bits per heavy atom. The standard InChI is InChI=1S/C19H31NO/c1-15(20-14-19(5)10-12-21-13-11-19)16-6-8-17(9-7-16)18(2,3)4/h6-9,15,20H,10-14H2,1-5H3. The Labute approximate surface area is 130 Å². The van der Waals surface area contributed by atoms with E-state index in [0.29, 0.717) is 11.5 Å². The molecule has 0 spiro atoms. The molecule has 0 bridgehead atoms. The monoisotopic (exact) mass is 289 g/mol. The maximum Gasteiger partial charge on any atom is 0.0471 e. The van der Waals surface area contributed by atoms with Gasteiger partial charge in [-0.2, -0.15) is 0 Å². The van der Waals surface area contributed by atoms with Crippen LogP contribution < -0.4 is 5.32 Å². The molecule has 0 amide bonds. The molecule has 1 aromatic rings. The van der Waals surface area contributed by atoms with Gasteiger partial charge in [-0.15, -0.1) is 0 Å². The zero-order chi connectivity index (χ0) is 15.5. The first-order valence-corrected chi connectivity index (χ1v) is 8.22. The molecule has 0 aliphatic carbocycles. The van der Waals surface area contributed by atoms with Gasteiger partial charge in [0.2, 0.25) is 0 Å². The van der Waals surface area contributed by atoms with E-state index in [9.17, 15) is 0 Å². The largest absolute Gasteiger partial charge is 0.381 e. The minimum absolute atomic E-state index is 0.227. The highest BCUT2D eigenvalue weighted by Crippen LogP contribution is 2.30. The third-order valence-corrected chi connectivity index (χ3v) is 4.81. The molecule has 118 valence electrons. The molecule has 2 rings (SSSR count). The predicted octanol–water partition coefficient (Wildman–Crippen LogP) is 4.45. The van der Waals surface area contributed by atoms with Crippen molar-refractivity contribution < 1.29 is 4.74 Å². The summed E-state index contributed by atoms with van der Waals surface area (Å²) in [7, 11) is 0. The Hall–Kier alpha value is -0.860. The second-order valence-electron chi connectivity index (χ2n) is 7.90. The van der Waals surface area contributed by atoms with Crippen LogP contribution >= 0.6 is 0 Å². The van der Waals surface area contributed by atoms with Crippen molar-refractivity contribution >= 4 is 0 Å². The van der Waals surface area contributed by atoms with Gasteiger partial charge in [-0.25, -0.2) is 0 Å². The van der Waals surface area contributed by atoms with Gasteiger partial charge in [-0.05, 0) is 41.7 Å². The Morgan fingerprint density at radius 3 is 2.24 bits per heavy atom. The van der Waals surface area contributed by atoms with E-state index in [-0.39, 0.29) is 5.41 Å². The molecule has 1 fully saturated rings. The van der Waals surface area contributed by atoms with Crippen LogP contribution in [0.15, 0.2) is 24.3 Å². The molecular formula is C19H31NO. The van der Waals surface area contributed by atoms with Crippen molar-refractivity contribution in [3.05, 3.63) is 35.4 Å². The SMILES string of the molecule is CC(NCC1(C)CCOCC1)c1ccc(C(C)(C)C)cc1. The van der Waals surface area contributed by atoms with Crippen LogP contribution in [0.5, 0.6) is 0 Å². The van der Waals surface area contributed by atoms with Crippen molar-refractivity contribution in [3.63, 3.8) is 0 Å². The topological polar surface area (TPSA) is 21.3 Å². The van der Waals surface area contributed by atoms with E-state index < -0.39 is 0 Å². The summed E-state index contributed by atoms with van der Waals surface area (Å²) in [6, 6.07) is 9.47. The summed E-state index contributed by atoms with van der Waals surface area (Å²) in [4.78, 5) is 0. The van der Waals surface area contributed by atoms with E-state index in [4.69, 9.17) is 4.74 Å². The first-order chi connectivity index (χ1) is 9.80. The van der Waals surface area contributed by atoms with Gasteiger partial charge in [0, 0.05) is 25.8 Å². The van der Waals surface area contributed by atoms with Gasteiger partial charge >= 0.3 is 0 Å². The van der Waals surface area contributed by atoms with Crippen molar-refractivity contribution in [2.75, 3.05) is 19.8 Å². The molecular weight excluding hydrogens is 258 g/mol. The van der Waals surface area contributed by atoms with E-state index >= 15 is 0 Å². The fraction of sp³-hybridized carbons (Fsp3) is 0.684.